The summed E-state index contributed by atoms with van der Waals surface area (Å²) in [6, 6.07) is 11.8. The van der Waals surface area contributed by atoms with Crippen molar-refractivity contribution < 1.29 is 14.3 Å². The lowest BCUT2D eigenvalue weighted by atomic mass is 9.99. The molecule has 1 aromatic heterocycles. The minimum absolute atomic E-state index is 0.0806. The number of aliphatic hydroxyl groups is 1. The van der Waals surface area contributed by atoms with Crippen molar-refractivity contribution >= 4 is 33.3 Å². The number of halogens is 1. The van der Waals surface area contributed by atoms with Gasteiger partial charge in [-0.25, -0.2) is 14.2 Å². The van der Waals surface area contributed by atoms with Crippen LogP contribution in [0.15, 0.2) is 42.5 Å². The van der Waals surface area contributed by atoms with Gasteiger partial charge in [0.15, 0.2) is 0 Å². The number of aromatic nitrogens is 1. The molecule has 1 saturated heterocycles. The number of urea groups is 1. The van der Waals surface area contributed by atoms with Gasteiger partial charge in [0.05, 0.1) is 15.9 Å². The van der Waals surface area contributed by atoms with Crippen LogP contribution in [0.2, 0.25) is 0 Å². The van der Waals surface area contributed by atoms with Crippen LogP contribution in [-0.4, -0.2) is 40.7 Å². The van der Waals surface area contributed by atoms with E-state index in [1.165, 1.54) is 23.5 Å². The van der Waals surface area contributed by atoms with Crippen molar-refractivity contribution in [3.63, 3.8) is 0 Å². The van der Waals surface area contributed by atoms with Crippen LogP contribution in [0.4, 0.5) is 14.9 Å². The number of aliphatic hydroxyl groups excluding tert-OH is 1. The third-order valence-electron chi connectivity index (χ3n) is 4.81. The molecular weight excluding hydrogens is 365 g/mol. The molecule has 140 valence electrons. The quantitative estimate of drug-likeness (QED) is 0.705. The molecule has 1 unspecified atom stereocenters. The molecule has 0 saturated carbocycles. The fourth-order valence-electron chi connectivity index (χ4n) is 3.38. The molecule has 27 heavy (non-hydrogen) atoms. The second kappa shape index (κ2) is 7.62. The summed E-state index contributed by atoms with van der Waals surface area (Å²) in [4.78, 5) is 19.0. The van der Waals surface area contributed by atoms with Crippen LogP contribution in [0.1, 0.15) is 12.8 Å². The Bertz CT molecular complexity index is 942. The van der Waals surface area contributed by atoms with Crippen molar-refractivity contribution in [1.29, 1.82) is 0 Å². The first-order chi connectivity index (χ1) is 13.1. The Morgan fingerprint density at radius 3 is 3.00 bits per heavy atom. The van der Waals surface area contributed by atoms with E-state index >= 15 is 0 Å². The van der Waals surface area contributed by atoms with E-state index in [4.69, 9.17) is 0 Å². The van der Waals surface area contributed by atoms with Gasteiger partial charge >= 0.3 is 6.03 Å². The van der Waals surface area contributed by atoms with E-state index in [9.17, 15) is 14.3 Å². The first-order valence-corrected chi connectivity index (χ1v) is 9.78. The highest BCUT2D eigenvalue weighted by Gasteiger charge is 2.24. The molecule has 2 N–H and O–H groups in total. The van der Waals surface area contributed by atoms with E-state index < -0.39 is 0 Å². The number of amides is 2. The number of rotatable bonds is 3. The number of nitrogens with zero attached hydrogens (tertiary/aromatic N) is 2. The zero-order valence-corrected chi connectivity index (χ0v) is 15.5. The molecule has 3 aromatic rings. The summed E-state index contributed by atoms with van der Waals surface area (Å²) in [5.74, 6) is -0.262. The molecule has 2 amide bonds. The van der Waals surface area contributed by atoms with Gasteiger partial charge < -0.3 is 15.3 Å². The van der Waals surface area contributed by atoms with Gasteiger partial charge in [0.25, 0.3) is 0 Å². The zero-order valence-electron chi connectivity index (χ0n) is 14.7. The van der Waals surface area contributed by atoms with Crippen molar-refractivity contribution in [2.24, 2.45) is 5.92 Å². The average molecular weight is 385 g/mol. The Morgan fingerprint density at radius 2 is 2.19 bits per heavy atom. The summed E-state index contributed by atoms with van der Waals surface area (Å²) in [7, 11) is 0. The fourth-order valence-corrected chi connectivity index (χ4v) is 4.38. The Kier molecular flexibility index (Phi) is 5.05. The van der Waals surface area contributed by atoms with Gasteiger partial charge in [-0.2, -0.15) is 0 Å². The van der Waals surface area contributed by atoms with Crippen LogP contribution in [0.3, 0.4) is 0 Å². The predicted molar refractivity (Wildman–Crippen MR) is 105 cm³/mol. The number of anilines is 1. The molecular formula is C20H20FN3O2S. The number of hydrogen-bond donors (Lipinski definition) is 2. The normalized spacial score (nSPS) is 17.3. The van der Waals surface area contributed by atoms with Crippen molar-refractivity contribution in [2.45, 2.75) is 12.8 Å². The van der Waals surface area contributed by atoms with E-state index in [1.807, 2.05) is 24.3 Å². The van der Waals surface area contributed by atoms with E-state index in [0.29, 0.717) is 29.3 Å². The molecule has 0 aliphatic carbocycles. The maximum absolute atomic E-state index is 13.9. The molecule has 1 atom stereocenters. The molecule has 4 rings (SSSR count). The topological polar surface area (TPSA) is 65.5 Å². The van der Waals surface area contributed by atoms with Crippen LogP contribution in [0.25, 0.3) is 20.8 Å². The summed E-state index contributed by atoms with van der Waals surface area (Å²) < 4.78 is 14.9. The second-order valence-corrected chi connectivity index (χ2v) is 7.77. The largest absolute Gasteiger partial charge is 0.396 e. The molecule has 1 fully saturated rings. The summed E-state index contributed by atoms with van der Waals surface area (Å²) in [6.45, 7) is 1.26. The third kappa shape index (κ3) is 3.79. The van der Waals surface area contributed by atoms with Gasteiger partial charge in [0.1, 0.15) is 10.8 Å². The first kappa shape index (κ1) is 17.9. The summed E-state index contributed by atoms with van der Waals surface area (Å²) in [5, 5.41) is 12.9. The number of hydrogen-bond acceptors (Lipinski definition) is 4. The highest BCUT2D eigenvalue weighted by Crippen LogP contribution is 2.35. The Balaban J connectivity index is 1.62. The molecule has 5 nitrogen and oxygen atoms in total. The standard InChI is InChI=1S/C20H20FN3O2S/c21-14-7-8-16(23-20(26)24-9-3-4-13(11-24)12-25)15(10-14)19-22-17-5-1-2-6-18(17)27-19/h1-2,5-8,10,13,25H,3-4,9,11-12H2,(H,23,26). The average Bonchev–Trinajstić information content (AvgIpc) is 3.13. The molecule has 7 heteroatoms. The maximum Gasteiger partial charge on any atom is 0.321 e. The van der Waals surface area contributed by atoms with Gasteiger partial charge in [-0.3, -0.25) is 0 Å². The summed E-state index contributed by atoms with van der Waals surface area (Å²) in [6.07, 6.45) is 1.79. The smallest absolute Gasteiger partial charge is 0.321 e. The fraction of sp³-hybridized carbons (Fsp3) is 0.300. The van der Waals surface area contributed by atoms with E-state index in [2.05, 4.69) is 10.3 Å². The lowest BCUT2D eigenvalue weighted by Gasteiger charge is -2.32. The number of carbonyl (C=O) groups is 1. The van der Waals surface area contributed by atoms with E-state index in [1.54, 1.807) is 11.0 Å². The molecule has 0 bridgehead atoms. The lowest BCUT2D eigenvalue weighted by Crippen LogP contribution is -2.43. The lowest BCUT2D eigenvalue weighted by molar-refractivity contribution is 0.136. The number of thiazole rings is 1. The van der Waals surface area contributed by atoms with Gasteiger partial charge in [0, 0.05) is 25.3 Å². The van der Waals surface area contributed by atoms with Crippen LogP contribution >= 0.6 is 11.3 Å². The Hall–Kier alpha value is -2.51. The minimum atomic E-state index is -0.374. The first-order valence-electron chi connectivity index (χ1n) is 8.96. The number of para-hydroxylation sites is 1. The molecule has 2 aromatic carbocycles. The van der Waals surface area contributed by atoms with Crippen LogP contribution in [-0.2, 0) is 0 Å². The Labute approximate surface area is 160 Å². The molecule has 2 heterocycles. The Morgan fingerprint density at radius 1 is 1.33 bits per heavy atom. The monoisotopic (exact) mass is 385 g/mol. The highest BCUT2D eigenvalue weighted by atomic mass is 32.1. The SMILES string of the molecule is O=C(Nc1ccc(F)cc1-c1nc2ccccc2s1)N1CCCC(CO)C1. The van der Waals surface area contributed by atoms with Crippen LogP contribution in [0.5, 0.6) is 0 Å². The maximum atomic E-state index is 13.9. The van der Waals surface area contributed by atoms with Crippen molar-refractivity contribution in [3.05, 3.63) is 48.3 Å². The number of benzene rings is 2. The van der Waals surface area contributed by atoms with Gasteiger partial charge in [0.2, 0.25) is 0 Å². The van der Waals surface area contributed by atoms with Crippen molar-refractivity contribution in [1.82, 2.24) is 9.88 Å². The third-order valence-corrected chi connectivity index (χ3v) is 5.88. The van der Waals surface area contributed by atoms with Gasteiger partial charge in [-0.1, -0.05) is 12.1 Å². The molecule has 0 radical (unpaired) electrons. The highest BCUT2D eigenvalue weighted by molar-refractivity contribution is 7.21. The number of carbonyl (C=O) groups excluding carboxylic acids is 1. The number of fused-ring (bicyclic) bond motifs is 1. The second-order valence-electron chi connectivity index (χ2n) is 6.74. The van der Waals surface area contributed by atoms with Crippen molar-refractivity contribution in [3.8, 4) is 10.6 Å². The number of piperidine rings is 1. The van der Waals surface area contributed by atoms with E-state index in [0.717, 1.165) is 23.1 Å². The van der Waals surface area contributed by atoms with Gasteiger partial charge in [-0.05, 0) is 49.1 Å². The zero-order chi connectivity index (χ0) is 18.8. The molecule has 1 aliphatic heterocycles. The minimum Gasteiger partial charge on any atom is -0.396 e. The summed E-state index contributed by atoms with van der Waals surface area (Å²) >= 11 is 1.46. The predicted octanol–water partition coefficient (Wildman–Crippen LogP) is 4.34. The molecule has 1 aliphatic rings. The van der Waals surface area contributed by atoms with Crippen LogP contribution < -0.4 is 5.32 Å². The number of likely N-dealkylation sites (tertiary alicyclic amines) is 1. The number of nitrogens with one attached hydrogen (secondary N) is 1. The van der Waals surface area contributed by atoms with Gasteiger partial charge in [-0.15, -0.1) is 11.3 Å². The van der Waals surface area contributed by atoms with Crippen molar-refractivity contribution in [2.75, 3.05) is 25.0 Å². The summed E-state index contributed by atoms with van der Waals surface area (Å²) in [5.41, 5.74) is 1.95. The van der Waals surface area contributed by atoms with Crippen LogP contribution in [0, 0.1) is 11.7 Å². The molecule has 0 spiro atoms. The van der Waals surface area contributed by atoms with E-state index in [-0.39, 0.29) is 24.4 Å².